The Morgan fingerprint density at radius 3 is 2.14 bits per heavy atom. The molecule has 0 amide bonds. The summed E-state index contributed by atoms with van der Waals surface area (Å²) < 4.78 is 27.4. The molecular formula is C11H21F2N. The van der Waals surface area contributed by atoms with Gasteiger partial charge in [-0.25, -0.2) is 8.78 Å². The fourth-order valence-corrected chi connectivity index (χ4v) is 2.24. The Morgan fingerprint density at radius 2 is 1.79 bits per heavy atom. The van der Waals surface area contributed by atoms with Crippen LogP contribution in [0.15, 0.2) is 0 Å². The molecule has 0 spiro atoms. The van der Waals surface area contributed by atoms with E-state index in [-0.39, 0.29) is 18.5 Å². The third-order valence-electron chi connectivity index (χ3n) is 3.22. The van der Waals surface area contributed by atoms with Crippen molar-refractivity contribution in [2.24, 2.45) is 11.8 Å². The van der Waals surface area contributed by atoms with Crippen molar-refractivity contribution in [2.75, 3.05) is 13.1 Å². The van der Waals surface area contributed by atoms with Crippen LogP contribution in [0.3, 0.4) is 0 Å². The molecule has 0 aromatic carbocycles. The maximum absolute atomic E-state index is 13.7. The second-order valence-electron chi connectivity index (χ2n) is 4.96. The van der Waals surface area contributed by atoms with Crippen molar-refractivity contribution >= 4 is 0 Å². The standard InChI is InChI=1S/C11H21F2N/c1-8(2)10-5-6-14(9(3)4)7-11(10,12)13/h8-10H,5-7H2,1-4H3/t10-/m1/s1. The van der Waals surface area contributed by atoms with E-state index in [1.54, 1.807) is 0 Å². The number of rotatable bonds is 2. The normalized spacial score (nSPS) is 28.7. The highest BCUT2D eigenvalue weighted by Gasteiger charge is 2.45. The van der Waals surface area contributed by atoms with Crippen LogP contribution in [0.25, 0.3) is 0 Å². The summed E-state index contributed by atoms with van der Waals surface area (Å²) in [6.07, 6.45) is 0.628. The lowest BCUT2D eigenvalue weighted by Crippen LogP contribution is -2.52. The molecule has 1 aliphatic heterocycles. The molecule has 0 aromatic rings. The summed E-state index contributed by atoms with van der Waals surface area (Å²) in [5.74, 6) is -2.85. The fourth-order valence-electron chi connectivity index (χ4n) is 2.24. The number of likely N-dealkylation sites (tertiary alicyclic amines) is 1. The van der Waals surface area contributed by atoms with E-state index < -0.39 is 11.8 Å². The van der Waals surface area contributed by atoms with Crippen LogP contribution in [0.2, 0.25) is 0 Å². The van der Waals surface area contributed by atoms with E-state index in [1.165, 1.54) is 0 Å². The van der Waals surface area contributed by atoms with Gasteiger partial charge in [0.25, 0.3) is 5.92 Å². The smallest absolute Gasteiger partial charge is 0.263 e. The summed E-state index contributed by atoms with van der Waals surface area (Å²) in [5, 5.41) is 0. The summed E-state index contributed by atoms with van der Waals surface area (Å²) in [4.78, 5) is 1.87. The highest BCUT2D eigenvalue weighted by Crippen LogP contribution is 2.37. The van der Waals surface area contributed by atoms with Gasteiger partial charge in [0, 0.05) is 12.0 Å². The zero-order chi connectivity index (χ0) is 10.9. The van der Waals surface area contributed by atoms with Gasteiger partial charge in [0.2, 0.25) is 0 Å². The first kappa shape index (κ1) is 11.9. The molecule has 1 aliphatic rings. The number of alkyl halides is 2. The van der Waals surface area contributed by atoms with E-state index in [9.17, 15) is 8.78 Å². The van der Waals surface area contributed by atoms with E-state index in [1.807, 2.05) is 32.6 Å². The lowest BCUT2D eigenvalue weighted by atomic mass is 9.83. The van der Waals surface area contributed by atoms with E-state index in [2.05, 4.69) is 0 Å². The van der Waals surface area contributed by atoms with E-state index in [0.29, 0.717) is 6.42 Å². The van der Waals surface area contributed by atoms with Crippen molar-refractivity contribution in [2.45, 2.75) is 46.1 Å². The minimum atomic E-state index is -2.50. The van der Waals surface area contributed by atoms with E-state index in [4.69, 9.17) is 0 Å². The molecule has 1 atom stereocenters. The summed E-state index contributed by atoms with van der Waals surface area (Å²) >= 11 is 0. The quantitative estimate of drug-likeness (QED) is 0.670. The molecule has 1 rings (SSSR count). The third kappa shape index (κ3) is 2.44. The summed E-state index contributed by atoms with van der Waals surface area (Å²) in [6.45, 7) is 8.49. The highest BCUT2D eigenvalue weighted by atomic mass is 19.3. The Balaban J connectivity index is 2.65. The Labute approximate surface area is 85.5 Å². The molecule has 0 aromatic heterocycles. The van der Waals surface area contributed by atoms with Crippen molar-refractivity contribution in [1.29, 1.82) is 0 Å². The van der Waals surface area contributed by atoms with Crippen LogP contribution in [0, 0.1) is 11.8 Å². The Bertz CT molecular complexity index is 190. The zero-order valence-corrected chi connectivity index (χ0v) is 9.56. The third-order valence-corrected chi connectivity index (χ3v) is 3.22. The number of halogens is 2. The molecule has 0 bridgehead atoms. The van der Waals surface area contributed by atoms with Gasteiger partial charge >= 0.3 is 0 Å². The molecule has 3 heteroatoms. The van der Waals surface area contributed by atoms with Crippen LogP contribution in [0.1, 0.15) is 34.1 Å². The van der Waals surface area contributed by atoms with Gasteiger partial charge in [0.15, 0.2) is 0 Å². The SMILES string of the molecule is CC(C)[C@H]1CCN(C(C)C)CC1(F)F. The number of hydrogen-bond acceptors (Lipinski definition) is 1. The minimum absolute atomic E-state index is 0.0620. The molecule has 1 heterocycles. The Kier molecular flexibility index (Phi) is 3.51. The average molecular weight is 205 g/mol. The van der Waals surface area contributed by atoms with Crippen molar-refractivity contribution in [1.82, 2.24) is 4.90 Å². The summed E-state index contributed by atoms with van der Waals surface area (Å²) in [6, 6.07) is 0.231. The number of hydrogen-bond donors (Lipinski definition) is 0. The van der Waals surface area contributed by atoms with Crippen molar-refractivity contribution in [3.05, 3.63) is 0 Å². The van der Waals surface area contributed by atoms with Crippen LogP contribution in [0.4, 0.5) is 8.78 Å². The van der Waals surface area contributed by atoms with Crippen LogP contribution in [-0.4, -0.2) is 30.0 Å². The average Bonchev–Trinajstić information content (AvgIpc) is 2.01. The molecule has 1 saturated heterocycles. The Hall–Kier alpha value is -0.180. The lowest BCUT2D eigenvalue weighted by molar-refractivity contribution is -0.130. The van der Waals surface area contributed by atoms with Crippen LogP contribution < -0.4 is 0 Å². The van der Waals surface area contributed by atoms with Gasteiger partial charge in [-0.15, -0.1) is 0 Å². The van der Waals surface area contributed by atoms with Gasteiger partial charge in [-0.1, -0.05) is 13.8 Å². The first-order valence-corrected chi connectivity index (χ1v) is 5.46. The summed E-state index contributed by atoms with van der Waals surface area (Å²) in [5.41, 5.74) is 0. The fraction of sp³-hybridized carbons (Fsp3) is 1.00. The second-order valence-corrected chi connectivity index (χ2v) is 4.96. The molecule has 0 radical (unpaired) electrons. The molecule has 1 fully saturated rings. The predicted octanol–water partition coefficient (Wildman–Crippen LogP) is 3.01. The topological polar surface area (TPSA) is 3.24 Å². The minimum Gasteiger partial charge on any atom is -0.295 e. The molecule has 0 N–H and O–H groups in total. The van der Waals surface area contributed by atoms with Gasteiger partial charge in [-0.05, 0) is 32.7 Å². The van der Waals surface area contributed by atoms with Crippen molar-refractivity contribution < 1.29 is 8.78 Å². The zero-order valence-electron chi connectivity index (χ0n) is 9.56. The van der Waals surface area contributed by atoms with E-state index >= 15 is 0 Å². The Morgan fingerprint density at radius 1 is 1.21 bits per heavy atom. The second kappa shape index (κ2) is 4.13. The van der Waals surface area contributed by atoms with Gasteiger partial charge < -0.3 is 0 Å². The molecule has 0 unspecified atom stereocenters. The van der Waals surface area contributed by atoms with Crippen LogP contribution in [-0.2, 0) is 0 Å². The monoisotopic (exact) mass is 205 g/mol. The van der Waals surface area contributed by atoms with Crippen LogP contribution >= 0.6 is 0 Å². The van der Waals surface area contributed by atoms with Gasteiger partial charge in [-0.3, -0.25) is 4.90 Å². The van der Waals surface area contributed by atoms with Gasteiger partial charge in [0.05, 0.1) is 6.54 Å². The first-order valence-electron chi connectivity index (χ1n) is 5.46. The maximum atomic E-state index is 13.7. The molecule has 0 aliphatic carbocycles. The molecular weight excluding hydrogens is 184 g/mol. The predicted molar refractivity (Wildman–Crippen MR) is 54.6 cm³/mol. The van der Waals surface area contributed by atoms with Crippen LogP contribution in [0.5, 0.6) is 0 Å². The van der Waals surface area contributed by atoms with Crippen molar-refractivity contribution in [3.8, 4) is 0 Å². The van der Waals surface area contributed by atoms with Gasteiger partial charge in [-0.2, -0.15) is 0 Å². The highest BCUT2D eigenvalue weighted by molar-refractivity contribution is 4.89. The number of nitrogens with zero attached hydrogens (tertiary/aromatic N) is 1. The number of piperidine rings is 1. The molecule has 0 saturated carbocycles. The molecule has 14 heavy (non-hydrogen) atoms. The van der Waals surface area contributed by atoms with E-state index in [0.717, 1.165) is 6.54 Å². The maximum Gasteiger partial charge on any atom is 0.263 e. The largest absolute Gasteiger partial charge is 0.295 e. The lowest BCUT2D eigenvalue weighted by Gasteiger charge is -2.41. The van der Waals surface area contributed by atoms with Gasteiger partial charge in [0.1, 0.15) is 0 Å². The molecule has 1 nitrogen and oxygen atoms in total. The van der Waals surface area contributed by atoms with Crippen molar-refractivity contribution in [3.63, 3.8) is 0 Å². The molecule has 84 valence electrons. The first-order chi connectivity index (χ1) is 6.34. The summed E-state index contributed by atoms with van der Waals surface area (Å²) in [7, 11) is 0.